The molecule has 0 spiro atoms. The topological polar surface area (TPSA) is 33.4 Å². The van der Waals surface area contributed by atoms with Gasteiger partial charge in [-0.25, -0.2) is 18.3 Å². The molecule has 2 aromatic heterocycles. The van der Waals surface area contributed by atoms with Crippen molar-refractivity contribution in [2.75, 3.05) is 18.0 Å². The molecule has 0 amide bonds. The lowest BCUT2D eigenvalue weighted by molar-refractivity contribution is -0.0221. The minimum absolute atomic E-state index is 0.108. The van der Waals surface area contributed by atoms with Gasteiger partial charge >= 0.3 is 0 Å². The number of nitrogens with zero attached hydrogens (tertiary/aromatic N) is 4. The molecular weight excluding hydrogens is 238 g/mol. The molecule has 3 rings (SSSR count). The predicted octanol–water partition coefficient (Wildman–Crippen LogP) is 2.27. The normalized spacial score (nSPS) is 19.4. The Bertz CT molecular complexity index is 568. The lowest BCUT2D eigenvalue weighted by atomic mass is 10.1. The summed E-state index contributed by atoms with van der Waals surface area (Å²) in [5.74, 6) is -1.79. The van der Waals surface area contributed by atoms with Gasteiger partial charge in [0.15, 0.2) is 5.82 Å². The van der Waals surface area contributed by atoms with Crippen molar-refractivity contribution >= 4 is 11.3 Å². The van der Waals surface area contributed by atoms with E-state index in [9.17, 15) is 8.78 Å². The third-order valence-corrected chi connectivity index (χ3v) is 3.29. The predicted molar refractivity (Wildman–Crippen MR) is 64.1 cm³/mol. The van der Waals surface area contributed by atoms with Gasteiger partial charge in [0, 0.05) is 38.3 Å². The molecule has 0 bridgehead atoms. The third-order valence-electron chi connectivity index (χ3n) is 3.29. The highest BCUT2D eigenvalue weighted by molar-refractivity contribution is 5.69. The highest BCUT2D eigenvalue weighted by atomic mass is 19.3. The lowest BCUT2D eigenvalue weighted by Gasteiger charge is -2.32. The van der Waals surface area contributed by atoms with Gasteiger partial charge in [0.2, 0.25) is 0 Å². The Labute approximate surface area is 103 Å². The summed E-state index contributed by atoms with van der Waals surface area (Å²) >= 11 is 0. The van der Waals surface area contributed by atoms with Gasteiger partial charge < -0.3 is 4.90 Å². The Morgan fingerprint density at radius 3 is 2.72 bits per heavy atom. The van der Waals surface area contributed by atoms with Crippen LogP contribution in [0.2, 0.25) is 0 Å². The Balaban J connectivity index is 1.95. The van der Waals surface area contributed by atoms with Crippen molar-refractivity contribution in [3.63, 3.8) is 0 Å². The average Bonchev–Trinajstić information content (AvgIpc) is 2.69. The Hall–Kier alpha value is -1.72. The van der Waals surface area contributed by atoms with Crippen LogP contribution in [0.15, 0.2) is 18.5 Å². The third kappa shape index (κ3) is 1.91. The molecule has 6 heteroatoms. The van der Waals surface area contributed by atoms with E-state index in [0.717, 1.165) is 17.0 Å². The number of hydrogen-bond donors (Lipinski definition) is 0. The summed E-state index contributed by atoms with van der Waals surface area (Å²) < 4.78 is 28.0. The van der Waals surface area contributed by atoms with Crippen molar-refractivity contribution in [2.24, 2.45) is 0 Å². The van der Waals surface area contributed by atoms with Crippen LogP contribution in [0, 0.1) is 6.92 Å². The summed E-state index contributed by atoms with van der Waals surface area (Å²) in [6.45, 7) is 2.58. The summed E-state index contributed by atoms with van der Waals surface area (Å²) in [7, 11) is 0. The van der Waals surface area contributed by atoms with Crippen LogP contribution in [-0.2, 0) is 0 Å². The van der Waals surface area contributed by atoms with Crippen molar-refractivity contribution in [3.05, 3.63) is 24.2 Å². The lowest BCUT2D eigenvalue weighted by Crippen LogP contribution is -2.39. The van der Waals surface area contributed by atoms with Gasteiger partial charge in [-0.05, 0) is 13.0 Å². The van der Waals surface area contributed by atoms with Gasteiger partial charge in [-0.3, -0.25) is 0 Å². The molecule has 96 valence electrons. The maximum atomic E-state index is 13.1. The maximum Gasteiger partial charge on any atom is 0.251 e. The van der Waals surface area contributed by atoms with Crippen molar-refractivity contribution < 1.29 is 8.78 Å². The molecule has 1 fully saturated rings. The van der Waals surface area contributed by atoms with E-state index in [1.165, 1.54) is 0 Å². The molecule has 4 nitrogen and oxygen atoms in total. The smallest absolute Gasteiger partial charge is 0.251 e. The van der Waals surface area contributed by atoms with Crippen molar-refractivity contribution in [1.29, 1.82) is 0 Å². The number of rotatable bonds is 1. The van der Waals surface area contributed by atoms with E-state index in [0.29, 0.717) is 13.1 Å². The number of anilines is 1. The average molecular weight is 252 g/mol. The van der Waals surface area contributed by atoms with E-state index in [1.54, 1.807) is 16.9 Å². The second-order valence-electron chi connectivity index (χ2n) is 4.71. The zero-order valence-corrected chi connectivity index (χ0v) is 10.1. The largest absolute Gasteiger partial charge is 0.354 e. The van der Waals surface area contributed by atoms with Crippen LogP contribution in [0.1, 0.15) is 18.5 Å². The van der Waals surface area contributed by atoms with E-state index >= 15 is 0 Å². The van der Waals surface area contributed by atoms with Crippen LogP contribution in [0.25, 0.3) is 5.52 Å². The number of piperidine rings is 1. The quantitative estimate of drug-likeness (QED) is 0.780. The first kappa shape index (κ1) is 11.4. The van der Waals surface area contributed by atoms with E-state index < -0.39 is 5.92 Å². The van der Waals surface area contributed by atoms with Gasteiger partial charge in [0.25, 0.3) is 5.92 Å². The summed E-state index contributed by atoms with van der Waals surface area (Å²) in [6.07, 6.45) is 3.21. The molecule has 0 atom stereocenters. The van der Waals surface area contributed by atoms with Gasteiger partial charge in [-0.15, -0.1) is 0 Å². The fourth-order valence-electron chi connectivity index (χ4n) is 2.32. The SMILES string of the molecule is Cc1cc2c(N3CCC(F)(F)CC3)nccn2n1. The number of fused-ring (bicyclic) bond motifs is 1. The zero-order chi connectivity index (χ0) is 12.8. The van der Waals surface area contributed by atoms with Crippen LogP contribution in [0.5, 0.6) is 0 Å². The highest BCUT2D eigenvalue weighted by Gasteiger charge is 2.34. The van der Waals surface area contributed by atoms with Gasteiger partial charge in [0.05, 0.1) is 5.69 Å². The monoisotopic (exact) mass is 252 g/mol. The van der Waals surface area contributed by atoms with Crippen molar-refractivity contribution in [3.8, 4) is 0 Å². The van der Waals surface area contributed by atoms with Crippen molar-refractivity contribution in [1.82, 2.24) is 14.6 Å². The van der Waals surface area contributed by atoms with E-state index in [4.69, 9.17) is 0 Å². The standard InChI is InChI=1S/C12H14F2N4/c1-9-8-10-11(15-4-7-18(10)16-9)17-5-2-12(13,14)3-6-17/h4,7-8H,2-3,5-6H2,1H3. The number of aryl methyl sites for hydroxylation is 1. The van der Waals surface area contributed by atoms with Crippen LogP contribution >= 0.6 is 0 Å². The van der Waals surface area contributed by atoms with Crippen LogP contribution < -0.4 is 4.90 Å². The Kier molecular flexibility index (Phi) is 2.46. The first-order valence-corrected chi connectivity index (χ1v) is 5.99. The van der Waals surface area contributed by atoms with Crippen LogP contribution in [0.4, 0.5) is 14.6 Å². The molecule has 18 heavy (non-hydrogen) atoms. The summed E-state index contributed by atoms with van der Waals surface area (Å²) in [4.78, 5) is 6.22. The van der Waals surface area contributed by atoms with Crippen molar-refractivity contribution in [2.45, 2.75) is 25.7 Å². The van der Waals surface area contributed by atoms with E-state index in [2.05, 4.69) is 10.1 Å². The van der Waals surface area contributed by atoms with Gasteiger partial charge in [-0.2, -0.15) is 5.10 Å². The summed E-state index contributed by atoms with van der Waals surface area (Å²) in [5, 5.41) is 4.30. The molecule has 0 aromatic carbocycles. The molecule has 1 aliphatic heterocycles. The molecule has 0 N–H and O–H groups in total. The van der Waals surface area contributed by atoms with Crippen LogP contribution in [0.3, 0.4) is 0 Å². The molecule has 0 unspecified atom stereocenters. The minimum atomic E-state index is -2.53. The number of aromatic nitrogens is 3. The number of alkyl halides is 2. The first-order valence-electron chi connectivity index (χ1n) is 5.99. The second kappa shape index (κ2) is 3.90. The van der Waals surface area contributed by atoms with E-state index in [-0.39, 0.29) is 12.8 Å². The first-order chi connectivity index (χ1) is 8.55. The molecule has 1 saturated heterocycles. The maximum absolute atomic E-state index is 13.1. The fraction of sp³-hybridized carbons (Fsp3) is 0.500. The second-order valence-corrected chi connectivity index (χ2v) is 4.71. The molecule has 0 radical (unpaired) electrons. The highest BCUT2D eigenvalue weighted by Crippen LogP contribution is 2.31. The molecule has 0 aliphatic carbocycles. The molecule has 3 heterocycles. The summed E-state index contributed by atoms with van der Waals surface area (Å²) in [6, 6.07) is 1.93. The summed E-state index contributed by atoms with van der Waals surface area (Å²) in [5.41, 5.74) is 1.77. The Morgan fingerprint density at radius 2 is 2.00 bits per heavy atom. The van der Waals surface area contributed by atoms with Gasteiger partial charge in [0.1, 0.15) is 5.52 Å². The van der Waals surface area contributed by atoms with Gasteiger partial charge in [-0.1, -0.05) is 0 Å². The number of hydrogen-bond acceptors (Lipinski definition) is 3. The Morgan fingerprint density at radius 1 is 1.28 bits per heavy atom. The molecule has 0 saturated carbocycles. The minimum Gasteiger partial charge on any atom is -0.354 e. The zero-order valence-electron chi connectivity index (χ0n) is 10.1. The fourth-order valence-corrected chi connectivity index (χ4v) is 2.32. The number of halogens is 2. The molecule has 1 aliphatic rings. The van der Waals surface area contributed by atoms with Crippen LogP contribution in [-0.4, -0.2) is 33.6 Å². The van der Waals surface area contributed by atoms with E-state index in [1.807, 2.05) is 17.9 Å². The molecular formula is C12H14F2N4. The molecule has 2 aromatic rings.